The van der Waals surface area contributed by atoms with Crippen molar-refractivity contribution in [3.05, 3.63) is 57.5 Å². The molecule has 0 amide bonds. The molecular weight excluding hydrogens is 315 g/mol. The maximum Gasteiger partial charge on any atom is 0.206 e. The first-order valence-electron chi connectivity index (χ1n) is 4.87. The summed E-state index contributed by atoms with van der Waals surface area (Å²) in [4.78, 5) is 0.254. The Morgan fingerprint density at radius 1 is 0.722 bits per heavy atom. The molecule has 0 saturated heterocycles. The highest BCUT2D eigenvalue weighted by Crippen LogP contribution is 2.28. The van der Waals surface area contributed by atoms with E-state index in [0.29, 0.717) is 10.0 Å². The number of hydrogen-bond acceptors (Lipinski definition) is 2. The monoisotopic (exact) mass is 320 g/mol. The average molecular weight is 322 g/mol. The van der Waals surface area contributed by atoms with Crippen LogP contribution in [-0.4, -0.2) is 8.42 Å². The maximum atomic E-state index is 12.3. The third kappa shape index (κ3) is 2.64. The molecule has 0 N–H and O–H groups in total. The quantitative estimate of drug-likeness (QED) is 0.817. The zero-order chi connectivity index (χ0) is 13.3. The Hall–Kier alpha value is -0.740. The SMILES string of the molecule is O=S(=O)(c1ccc(Cl)cc1)c1ccc(Cl)c(Cl)c1. The minimum Gasteiger partial charge on any atom is -0.219 e. The molecule has 0 bridgehead atoms. The van der Waals surface area contributed by atoms with Crippen LogP contribution in [-0.2, 0) is 9.84 Å². The Kier molecular flexibility index (Phi) is 3.87. The minimum atomic E-state index is -3.60. The summed E-state index contributed by atoms with van der Waals surface area (Å²) in [5, 5.41) is 0.988. The number of hydrogen-bond donors (Lipinski definition) is 0. The van der Waals surface area contributed by atoms with Gasteiger partial charge in [-0.3, -0.25) is 0 Å². The van der Waals surface area contributed by atoms with Gasteiger partial charge in [0.2, 0.25) is 9.84 Å². The lowest BCUT2D eigenvalue weighted by atomic mass is 10.4. The summed E-state index contributed by atoms with van der Waals surface area (Å²) in [5.41, 5.74) is 0. The highest BCUT2D eigenvalue weighted by Gasteiger charge is 2.18. The molecule has 2 rings (SSSR count). The van der Waals surface area contributed by atoms with Crippen molar-refractivity contribution in [3.63, 3.8) is 0 Å². The molecule has 0 aliphatic carbocycles. The largest absolute Gasteiger partial charge is 0.219 e. The molecule has 2 aromatic rings. The van der Waals surface area contributed by atoms with E-state index < -0.39 is 9.84 Å². The normalized spacial score (nSPS) is 11.5. The number of benzene rings is 2. The van der Waals surface area contributed by atoms with Gasteiger partial charge in [-0.05, 0) is 42.5 Å². The number of rotatable bonds is 2. The fourth-order valence-electron chi connectivity index (χ4n) is 1.39. The first-order valence-corrected chi connectivity index (χ1v) is 7.48. The second-order valence-corrected chi connectivity index (χ2v) is 6.73. The molecule has 0 aromatic heterocycles. The van der Waals surface area contributed by atoms with Crippen LogP contribution in [0.3, 0.4) is 0 Å². The molecule has 0 aliphatic rings. The Morgan fingerprint density at radius 3 is 1.83 bits per heavy atom. The predicted molar refractivity (Wildman–Crippen MR) is 73.4 cm³/mol. The second-order valence-electron chi connectivity index (χ2n) is 3.53. The first kappa shape index (κ1) is 13.7. The molecule has 94 valence electrons. The van der Waals surface area contributed by atoms with Crippen LogP contribution in [0.1, 0.15) is 0 Å². The van der Waals surface area contributed by atoms with Crippen LogP contribution in [0.4, 0.5) is 0 Å². The summed E-state index contributed by atoms with van der Waals surface area (Å²) in [6.07, 6.45) is 0. The van der Waals surface area contributed by atoms with Crippen LogP contribution in [0.15, 0.2) is 52.3 Å². The number of halogens is 3. The van der Waals surface area contributed by atoms with E-state index in [2.05, 4.69) is 0 Å². The molecular formula is C12H7Cl3O2S. The topological polar surface area (TPSA) is 34.1 Å². The van der Waals surface area contributed by atoms with Gasteiger partial charge in [0.15, 0.2) is 0 Å². The van der Waals surface area contributed by atoms with Gasteiger partial charge in [0, 0.05) is 5.02 Å². The van der Waals surface area contributed by atoms with E-state index in [9.17, 15) is 8.42 Å². The van der Waals surface area contributed by atoms with Gasteiger partial charge < -0.3 is 0 Å². The van der Waals surface area contributed by atoms with E-state index in [0.717, 1.165) is 0 Å². The molecule has 2 aromatic carbocycles. The van der Waals surface area contributed by atoms with E-state index in [-0.39, 0.29) is 14.8 Å². The minimum absolute atomic E-state index is 0.0965. The van der Waals surface area contributed by atoms with E-state index in [1.54, 1.807) is 0 Å². The van der Waals surface area contributed by atoms with Crippen LogP contribution < -0.4 is 0 Å². The van der Waals surface area contributed by atoms with E-state index in [4.69, 9.17) is 34.8 Å². The summed E-state index contributed by atoms with van der Waals surface area (Å²) in [6.45, 7) is 0. The predicted octanol–water partition coefficient (Wildman–Crippen LogP) is 4.48. The molecule has 18 heavy (non-hydrogen) atoms. The van der Waals surface area contributed by atoms with Crippen molar-refractivity contribution >= 4 is 44.6 Å². The van der Waals surface area contributed by atoms with E-state index in [1.807, 2.05) is 0 Å². The average Bonchev–Trinajstić information content (AvgIpc) is 2.33. The molecule has 0 saturated carbocycles. The van der Waals surface area contributed by atoms with Crippen molar-refractivity contribution in [3.8, 4) is 0 Å². The third-order valence-electron chi connectivity index (χ3n) is 2.33. The molecule has 0 unspecified atom stereocenters. The highest BCUT2D eigenvalue weighted by atomic mass is 35.5. The molecule has 0 heterocycles. The molecule has 6 heteroatoms. The first-order chi connectivity index (χ1) is 8.41. The lowest BCUT2D eigenvalue weighted by Gasteiger charge is -2.05. The zero-order valence-corrected chi connectivity index (χ0v) is 12.0. The van der Waals surface area contributed by atoms with Crippen LogP contribution in [0.2, 0.25) is 15.1 Å². The molecule has 0 radical (unpaired) electrons. The molecule has 0 atom stereocenters. The van der Waals surface area contributed by atoms with Crippen LogP contribution in [0, 0.1) is 0 Å². The molecule has 0 spiro atoms. The van der Waals surface area contributed by atoms with Crippen LogP contribution in [0.5, 0.6) is 0 Å². The molecule has 0 fully saturated rings. The van der Waals surface area contributed by atoms with Crippen molar-refractivity contribution in [2.75, 3.05) is 0 Å². The summed E-state index contributed by atoms with van der Waals surface area (Å²) in [5.74, 6) is 0. The smallest absolute Gasteiger partial charge is 0.206 e. The lowest BCUT2D eigenvalue weighted by molar-refractivity contribution is 0.596. The van der Waals surface area contributed by atoms with Gasteiger partial charge in [0.25, 0.3) is 0 Å². The van der Waals surface area contributed by atoms with Crippen LogP contribution >= 0.6 is 34.8 Å². The Morgan fingerprint density at radius 2 is 1.28 bits per heavy atom. The summed E-state index contributed by atoms with van der Waals surface area (Å²) >= 11 is 17.3. The van der Waals surface area contributed by atoms with Gasteiger partial charge in [0.05, 0.1) is 19.8 Å². The summed E-state index contributed by atoms with van der Waals surface area (Å²) < 4.78 is 24.5. The van der Waals surface area contributed by atoms with Gasteiger partial charge >= 0.3 is 0 Å². The standard InChI is InChI=1S/C12H7Cl3O2S/c13-8-1-3-9(4-2-8)18(16,17)10-5-6-11(14)12(15)7-10/h1-7H. The maximum absolute atomic E-state index is 12.3. The van der Waals surface area contributed by atoms with E-state index >= 15 is 0 Å². The van der Waals surface area contributed by atoms with Crippen molar-refractivity contribution in [1.82, 2.24) is 0 Å². The fourth-order valence-corrected chi connectivity index (χ4v) is 3.17. The third-order valence-corrected chi connectivity index (χ3v) is 5.08. The van der Waals surface area contributed by atoms with Gasteiger partial charge in [-0.15, -0.1) is 0 Å². The Balaban J connectivity index is 2.54. The fraction of sp³-hybridized carbons (Fsp3) is 0. The Bertz CT molecular complexity index is 679. The van der Waals surface area contributed by atoms with Crippen molar-refractivity contribution in [2.45, 2.75) is 9.79 Å². The lowest BCUT2D eigenvalue weighted by Crippen LogP contribution is -2.01. The summed E-state index contributed by atoms with van der Waals surface area (Å²) in [6, 6.07) is 10.1. The van der Waals surface area contributed by atoms with Crippen molar-refractivity contribution in [1.29, 1.82) is 0 Å². The van der Waals surface area contributed by atoms with E-state index in [1.165, 1.54) is 42.5 Å². The van der Waals surface area contributed by atoms with Crippen molar-refractivity contribution in [2.24, 2.45) is 0 Å². The highest BCUT2D eigenvalue weighted by molar-refractivity contribution is 7.91. The van der Waals surface area contributed by atoms with Crippen molar-refractivity contribution < 1.29 is 8.42 Å². The number of sulfone groups is 1. The van der Waals surface area contributed by atoms with Gasteiger partial charge in [0.1, 0.15) is 0 Å². The molecule has 0 aliphatic heterocycles. The zero-order valence-electron chi connectivity index (χ0n) is 8.90. The summed E-state index contributed by atoms with van der Waals surface area (Å²) in [7, 11) is -3.60. The van der Waals surface area contributed by atoms with Gasteiger partial charge in [-0.2, -0.15) is 0 Å². The van der Waals surface area contributed by atoms with Crippen LogP contribution in [0.25, 0.3) is 0 Å². The second kappa shape index (κ2) is 5.10. The van der Waals surface area contributed by atoms with Gasteiger partial charge in [-0.25, -0.2) is 8.42 Å². The Labute approximate surface area is 120 Å². The van der Waals surface area contributed by atoms with Gasteiger partial charge in [-0.1, -0.05) is 34.8 Å². The molecule has 2 nitrogen and oxygen atoms in total.